The second kappa shape index (κ2) is 14.2. The smallest absolute Gasteiger partial charge is 0.356 e. The Kier molecular flexibility index (Phi) is 9.42. The Bertz CT molecular complexity index is 1930. The number of benzene rings is 3. The van der Waals surface area contributed by atoms with Gasteiger partial charge in [-0.2, -0.15) is 0 Å². The standard InChI is InChI=1S/C37H30N4O4S3/c1-40-19-17-25(18-20-40)28-22-47-37(38-28)48-29-23-46-35-31(39-30(42)21-24-11-5-2-6-12-24)34(43)41(35)32(29)36(44)45-33(26-13-7-3-8-14-26)27-15-9-4-10-16-27/h2-20,22,31,33,35H,21,23H2,1H3/p+1/t31-,35-/m1/s1. The molecule has 1 saturated heterocycles. The van der Waals surface area contributed by atoms with E-state index in [1.54, 1.807) is 0 Å². The van der Waals surface area contributed by atoms with E-state index in [1.807, 2.05) is 133 Å². The van der Waals surface area contributed by atoms with Crippen molar-refractivity contribution < 1.29 is 23.7 Å². The molecule has 7 rings (SSSR count). The number of amides is 2. The van der Waals surface area contributed by atoms with Gasteiger partial charge in [-0.25, -0.2) is 14.3 Å². The predicted molar refractivity (Wildman–Crippen MR) is 188 cm³/mol. The van der Waals surface area contributed by atoms with Crippen molar-refractivity contribution >= 4 is 52.6 Å². The van der Waals surface area contributed by atoms with Crippen LogP contribution in [0.15, 0.2) is 136 Å². The Hall–Kier alpha value is -4.71. The van der Waals surface area contributed by atoms with Crippen LogP contribution in [0.4, 0.5) is 0 Å². The molecule has 0 saturated carbocycles. The van der Waals surface area contributed by atoms with Gasteiger partial charge >= 0.3 is 5.97 Å². The van der Waals surface area contributed by atoms with Crippen molar-refractivity contribution in [3.63, 3.8) is 0 Å². The van der Waals surface area contributed by atoms with Crippen LogP contribution in [0, 0.1) is 0 Å². The first kappa shape index (κ1) is 31.9. The van der Waals surface area contributed by atoms with Crippen molar-refractivity contribution in [1.82, 2.24) is 15.2 Å². The minimum atomic E-state index is -0.745. The number of hydrogen-bond acceptors (Lipinski definition) is 8. The van der Waals surface area contributed by atoms with Gasteiger partial charge in [0.2, 0.25) is 5.91 Å². The molecule has 240 valence electrons. The largest absolute Gasteiger partial charge is 0.448 e. The van der Waals surface area contributed by atoms with Crippen molar-refractivity contribution in [3.8, 4) is 11.3 Å². The molecule has 2 aliphatic heterocycles. The van der Waals surface area contributed by atoms with Gasteiger partial charge in [0.1, 0.15) is 24.2 Å². The summed E-state index contributed by atoms with van der Waals surface area (Å²) in [4.78, 5) is 48.1. The molecule has 5 aromatic rings. The van der Waals surface area contributed by atoms with E-state index in [1.165, 1.54) is 39.8 Å². The van der Waals surface area contributed by atoms with Gasteiger partial charge in [-0.05, 0) is 16.7 Å². The highest BCUT2D eigenvalue weighted by atomic mass is 32.2. The van der Waals surface area contributed by atoms with Crippen LogP contribution in [0.5, 0.6) is 0 Å². The summed E-state index contributed by atoms with van der Waals surface area (Å²) in [6.45, 7) is 0. The van der Waals surface area contributed by atoms with Crippen LogP contribution in [-0.2, 0) is 32.6 Å². The summed E-state index contributed by atoms with van der Waals surface area (Å²) >= 11 is 4.38. The lowest BCUT2D eigenvalue weighted by Gasteiger charge is -2.49. The maximum absolute atomic E-state index is 14.3. The van der Waals surface area contributed by atoms with E-state index in [2.05, 4.69) is 5.32 Å². The normalized spacial score (nSPS) is 17.1. The minimum absolute atomic E-state index is 0.162. The molecule has 4 heterocycles. The van der Waals surface area contributed by atoms with Crippen molar-refractivity contribution in [2.24, 2.45) is 7.05 Å². The number of carbonyl (C=O) groups excluding carboxylic acids is 3. The second-order valence-electron chi connectivity index (χ2n) is 11.3. The van der Waals surface area contributed by atoms with Crippen LogP contribution < -0.4 is 9.88 Å². The Labute approximate surface area is 290 Å². The van der Waals surface area contributed by atoms with Crippen LogP contribution in [0.3, 0.4) is 0 Å². The lowest BCUT2D eigenvalue weighted by atomic mass is 10.0. The third-order valence-electron chi connectivity index (χ3n) is 8.05. The summed E-state index contributed by atoms with van der Waals surface area (Å²) < 4.78 is 9.00. The number of esters is 1. The molecule has 2 aliphatic rings. The molecule has 2 aromatic heterocycles. The molecule has 0 radical (unpaired) electrons. The summed E-state index contributed by atoms with van der Waals surface area (Å²) in [5.41, 5.74) is 4.51. The second-order valence-corrected chi connectivity index (χ2v) is 14.7. The molecule has 1 N–H and O–H groups in total. The van der Waals surface area contributed by atoms with Gasteiger partial charge < -0.3 is 10.1 Å². The zero-order valence-corrected chi connectivity index (χ0v) is 28.3. The minimum Gasteiger partial charge on any atom is -0.448 e. The van der Waals surface area contributed by atoms with Crippen molar-refractivity contribution in [2.45, 2.75) is 28.3 Å². The molecule has 0 bridgehead atoms. The van der Waals surface area contributed by atoms with E-state index in [0.717, 1.165) is 32.3 Å². The molecule has 1 fully saturated rings. The molecule has 2 atom stereocenters. The lowest BCUT2D eigenvalue weighted by molar-refractivity contribution is -0.671. The number of ether oxygens (including phenoxy) is 1. The summed E-state index contributed by atoms with van der Waals surface area (Å²) in [5.74, 6) is -0.737. The highest BCUT2D eigenvalue weighted by Crippen LogP contribution is 2.47. The van der Waals surface area contributed by atoms with E-state index in [4.69, 9.17) is 9.72 Å². The number of aryl methyl sites for hydroxylation is 1. The molecule has 0 aliphatic carbocycles. The van der Waals surface area contributed by atoms with Crippen LogP contribution in [0.25, 0.3) is 11.3 Å². The number of hydrogen-bond donors (Lipinski definition) is 1. The number of β-lactam (4-membered cyclic amide) rings is 1. The van der Waals surface area contributed by atoms with Crippen LogP contribution in [0.1, 0.15) is 22.8 Å². The number of thiazole rings is 1. The molecule has 0 spiro atoms. The monoisotopic (exact) mass is 691 g/mol. The third-order valence-corrected chi connectivity index (χ3v) is 11.5. The van der Waals surface area contributed by atoms with Crippen molar-refractivity contribution in [2.75, 3.05) is 5.75 Å². The van der Waals surface area contributed by atoms with Gasteiger partial charge in [0.25, 0.3) is 5.91 Å². The van der Waals surface area contributed by atoms with Crippen molar-refractivity contribution in [1.29, 1.82) is 0 Å². The molecule has 48 heavy (non-hydrogen) atoms. The van der Waals surface area contributed by atoms with Crippen molar-refractivity contribution in [3.05, 3.63) is 148 Å². The number of carbonyl (C=O) groups is 3. The van der Waals surface area contributed by atoms with E-state index < -0.39 is 23.5 Å². The Morgan fingerprint density at radius 1 is 0.958 bits per heavy atom. The zero-order valence-electron chi connectivity index (χ0n) is 25.9. The lowest BCUT2D eigenvalue weighted by Crippen LogP contribution is -2.70. The maximum Gasteiger partial charge on any atom is 0.356 e. The summed E-state index contributed by atoms with van der Waals surface area (Å²) in [6, 6.07) is 31.8. The fourth-order valence-corrected chi connectivity index (χ4v) is 9.08. The molecule has 3 aromatic carbocycles. The van der Waals surface area contributed by atoms with Gasteiger partial charge in [-0.3, -0.25) is 14.5 Å². The molecule has 2 amide bonds. The zero-order chi connectivity index (χ0) is 33.0. The molecular formula is C37H31N4O4S3+. The van der Waals surface area contributed by atoms with Gasteiger partial charge in [-0.15, -0.1) is 23.1 Å². The summed E-state index contributed by atoms with van der Waals surface area (Å²) in [5, 5.41) is 4.46. The Morgan fingerprint density at radius 2 is 1.58 bits per heavy atom. The Balaban J connectivity index is 1.18. The number of aromatic nitrogens is 2. The molecule has 8 nitrogen and oxygen atoms in total. The number of thioether (sulfide) groups is 2. The van der Waals surface area contributed by atoms with Gasteiger partial charge in [-0.1, -0.05) is 103 Å². The van der Waals surface area contributed by atoms with E-state index in [-0.39, 0.29) is 23.9 Å². The fourth-order valence-electron chi connectivity index (χ4n) is 5.63. The van der Waals surface area contributed by atoms with Gasteiger partial charge in [0.05, 0.1) is 12.1 Å². The van der Waals surface area contributed by atoms with E-state index >= 15 is 0 Å². The number of pyridine rings is 1. The average Bonchev–Trinajstić information content (AvgIpc) is 3.59. The first-order chi connectivity index (χ1) is 23.4. The highest BCUT2D eigenvalue weighted by Gasteiger charge is 2.55. The first-order valence-electron chi connectivity index (χ1n) is 15.4. The molecule has 11 heteroatoms. The molecular weight excluding hydrogens is 661 g/mol. The van der Waals surface area contributed by atoms with Gasteiger partial charge in [0.15, 0.2) is 22.8 Å². The first-order valence-corrected chi connectivity index (χ1v) is 18.1. The number of rotatable bonds is 10. The van der Waals surface area contributed by atoms with Crippen LogP contribution >= 0.6 is 34.9 Å². The topological polar surface area (TPSA) is 92.5 Å². The SMILES string of the molecule is C[n+]1ccc(-c2csc(SC3=C(C(=O)OC(c4ccccc4)c4ccccc4)N4C(=O)[C@@H](NC(=O)Cc5ccccc5)[C@H]4SC3)n2)cc1. The highest BCUT2D eigenvalue weighted by molar-refractivity contribution is 8.07. The Morgan fingerprint density at radius 3 is 2.23 bits per heavy atom. The summed E-state index contributed by atoms with van der Waals surface area (Å²) in [7, 11) is 1.96. The predicted octanol–water partition coefficient (Wildman–Crippen LogP) is 5.91. The van der Waals surface area contributed by atoms with Crippen LogP contribution in [0.2, 0.25) is 0 Å². The maximum atomic E-state index is 14.3. The average molecular weight is 692 g/mol. The van der Waals surface area contributed by atoms with Crippen LogP contribution in [-0.4, -0.2) is 44.8 Å². The third kappa shape index (κ3) is 6.80. The van der Waals surface area contributed by atoms with Gasteiger partial charge in [0, 0.05) is 33.7 Å². The fraction of sp³-hybridized carbons (Fsp3) is 0.162. The van der Waals surface area contributed by atoms with E-state index in [9.17, 15) is 14.4 Å². The summed E-state index contributed by atoms with van der Waals surface area (Å²) in [6.07, 6.45) is 3.41. The number of nitrogens with zero attached hydrogens (tertiary/aromatic N) is 3. The molecule has 0 unspecified atom stereocenters. The number of fused-ring (bicyclic) bond motifs is 1. The number of nitrogens with one attached hydrogen (secondary N) is 1. The quantitative estimate of drug-likeness (QED) is 0.111. The van der Waals surface area contributed by atoms with E-state index in [0.29, 0.717) is 10.7 Å².